The van der Waals surface area contributed by atoms with Crippen LogP contribution in [0.2, 0.25) is 0 Å². The Balaban J connectivity index is 2.02. The first-order valence-corrected chi connectivity index (χ1v) is 6.26. The molecule has 0 atom stereocenters. The molecule has 0 saturated carbocycles. The molecule has 5 nitrogen and oxygen atoms in total. The molecule has 1 heterocycles. The van der Waals surface area contributed by atoms with Gasteiger partial charge in [0.25, 0.3) is 0 Å². The molecule has 6 heteroatoms. The summed E-state index contributed by atoms with van der Waals surface area (Å²) in [5.41, 5.74) is 1.35. The van der Waals surface area contributed by atoms with Crippen molar-refractivity contribution in [1.29, 1.82) is 0 Å². The predicted octanol–water partition coefficient (Wildman–Crippen LogP) is 0.392. The highest BCUT2D eigenvalue weighted by Crippen LogP contribution is 2.16. The Hall–Kier alpha value is -2.05. The minimum absolute atomic E-state index is 0.288. The van der Waals surface area contributed by atoms with Crippen LogP contribution in [0, 0.1) is 0 Å². The molecule has 1 aromatic heterocycles. The van der Waals surface area contributed by atoms with Crippen molar-refractivity contribution in [2.45, 2.75) is 6.42 Å². The van der Waals surface area contributed by atoms with Gasteiger partial charge in [0.2, 0.25) is 0 Å². The Labute approximate surface area is 118 Å². The van der Waals surface area contributed by atoms with Crippen LogP contribution in [0.1, 0.15) is 5.56 Å². The van der Waals surface area contributed by atoms with Gasteiger partial charge in [0.1, 0.15) is 11.5 Å². The molecule has 104 valence electrons. The number of nitrogens with zero attached hydrogens (tertiary/aromatic N) is 1. The van der Waals surface area contributed by atoms with E-state index in [0.29, 0.717) is 24.5 Å². The van der Waals surface area contributed by atoms with Gasteiger partial charge in [0.05, 0.1) is 13.7 Å². The highest BCUT2D eigenvalue weighted by Gasteiger charge is 2.18. The van der Waals surface area contributed by atoms with Gasteiger partial charge in [-0.25, -0.2) is 0 Å². The van der Waals surface area contributed by atoms with Crippen molar-refractivity contribution in [3.05, 3.63) is 48.3 Å². The van der Waals surface area contributed by atoms with E-state index in [1.807, 2.05) is 12.1 Å². The third kappa shape index (κ3) is 3.72. The lowest BCUT2D eigenvalue weighted by atomic mass is 9.79. The molecule has 0 radical (unpaired) electrons. The maximum Gasteiger partial charge on any atom is 0.492 e. The van der Waals surface area contributed by atoms with Crippen molar-refractivity contribution >= 4 is 12.6 Å². The maximum absolute atomic E-state index is 9.35. The lowest BCUT2D eigenvalue weighted by molar-refractivity contribution is 0.321. The van der Waals surface area contributed by atoms with Gasteiger partial charge >= 0.3 is 7.12 Å². The number of hydrogen-bond acceptors (Lipinski definition) is 5. The van der Waals surface area contributed by atoms with E-state index in [0.717, 1.165) is 5.56 Å². The second kappa shape index (κ2) is 6.93. The number of rotatable bonds is 6. The van der Waals surface area contributed by atoms with Gasteiger partial charge in [-0.15, -0.1) is 0 Å². The Kier molecular flexibility index (Phi) is 4.98. The SMILES string of the molecule is COc1ccc(OCCc2cccnc2)c(B(O)O)c1. The van der Waals surface area contributed by atoms with Crippen LogP contribution in [0.3, 0.4) is 0 Å². The second-order valence-corrected chi connectivity index (χ2v) is 4.24. The summed E-state index contributed by atoms with van der Waals surface area (Å²) in [7, 11) is -0.0790. The molecule has 0 bridgehead atoms. The summed E-state index contributed by atoms with van der Waals surface area (Å²) in [4.78, 5) is 4.03. The molecule has 0 spiro atoms. The van der Waals surface area contributed by atoms with Crippen LogP contribution in [0.15, 0.2) is 42.7 Å². The minimum atomic E-state index is -1.60. The minimum Gasteiger partial charge on any atom is -0.497 e. The molecule has 2 aromatic rings. The van der Waals surface area contributed by atoms with Gasteiger partial charge in [0.15, 0.2) is 0 Å². The smallest absolute Gasteiger partial charge is 0.492 e. The lowest BCUT2D eigenvalue weighted by Gasteiger charge is -2.12. The van der Waals surface area contributed by atoms with Crippen LogP contribution in [-0.4, -0.2) is 35.9 Å². The number of benzene rings is 1. The van der Waals surface area contributed by atoms with E-state index >= 15 is 0 Å². The van der Waals surface area contributed by atoms with Crippen molar-refractivity contribution < 1.29 is 19.5 Å². The van der Waals surface area contributed by atoms with Gasteiger partial charge in [-0.1, -0.05) is 6.07 Å². The average molecular weight is 273 g/mol. The van der Waals surface area contributed by atoms with Crippen LogP contribution in [0.4, 0.5) is 0 Å². The summed E-state index contributed by atoms with van der Waals surface area (Å²) >= 11 is 0. The Morgan fingerprint density at radius 2 is 2.10 bits per heavy atom. The lowest BCUT2D eigenvalue weighted by Crippen LogP contribution is -2.31. The molecular formula is C14H16BNO4. The van der Waals surface area contributed by atoms with E-state index in [-0.39, 0.29) is 5.46 Å². The van der Waals surface area contributed by atoms with Gasteiger partial charge in [0, 0.05) is 24.3 Å². The first-order chi connectivity index (χ1) is 9.70. The monoisotopic (exact) mass is 273 g/mol. The Morgan fingerprint density at radius 1 is 1.25 bits per heavy atom. The first-order valence-electron chi connectivity index (χ1n) is 6.26. The molecule has 0 unspecified atom stereocenters. The van der Waals surface area contributed by atoms with E-state index in [1.54, 1.807) is 30.6 Å². The number of aromatic nitrogens is 1. The quantitative estimate of drug-likeness (QED) is 0.745. The number of hydrogen-bond donors (Lipinski definition) is 2. The fraction of sp³-hybridized carbons (Fsp3) is 0.214. The van der Waals surface area contributed by atoms with E-state index in [2.05, 4.69) is 4.98 Å². The highest BCUT2D eigenvalue weighted by molar-refractivity contribution is 6.59. The molecule has 1 aromatic carbocycles. The van der Waals surface area contributed by atoms with E-state index in [1.165, 1.54) is 7.11 Å². The number of pyridine rings is 1. The molecular weight excluding hydrogens is 257 g/mol. The largest absolute Gasteiger partial charge is 0.497 e. The summed E-state index contributed by atoms with van der Waals surface area (Å²) in [6.45, 7) is 0.428. The highest BCUT2D eigenvalue weighted by atomic mass is 16.5. The predicted molar refractivity (Wildman–Crippen MR) is 76.3 cm³/mol. The number of methoxy groups -OCH3 is 1. The van der Waals surface area contributed by atoms with Crippen molar-refractivity contribution in [1.82, 2.24) is 4.98 Å². The third-order valence-corrected chi connectivity index (χ3v) is 2.87. The van der Waals surface area contributed by atoms with E-state index < -0.39 is 7.12 Å². The Morgan fingerprint density at radius 3 is 2.75 bits per heavy atom. The zero-order chi connectivity index (χ0) is 14.4. The molecule has 0 fully saturated rings. The van der Waals surface area contributed by atoms with Gasteiger partial charge in [-0.2, -0.15) is 0 Å². The van der Waals surface area contributed by atoms with Crippen LogP contribution < -0.4 is 14.9 Å². The summed E-state index contributed by atoms with van der Waals surface area (Å²) in [6, 6.07) is 8.75. The average Bonchev–Trinajstić information content (AvgIpc) is 2.48. The van der Waals surface area contributed by atoms with E-state index in [9.17, 15) is 10.0 Å². The molecule has 2 rings (SSSR count). The Bertz CT molecular complexity index is 548. The fourth-order valence-corrected chi connectivity index (χ4v) is 1.81. The molecule has 0 aliphatic carbocycles. The summed E-state index contributed by atoms with van der Waals surface area (Å²) in [5.74, 6) is 0.984. The van der Waals surface area contributed by atoms with Crippen molar-refractivity contribution in [3.63, 3.8) is 0 Å². The zero-order valence-corrected chi connectivity index (χ0v) is 11.2. The summed E-state index contributed by atoms with van der Waals surface area (Å²) < 4.78 is 10.6. The first kappa shape index (κ1) is 14.4. The maximum atomic E-state index is 9.35. The topological polar surface area (TPSA) is 71.8 Å². The molecule has 0 amide bonds. The van der Waals surface area contributed by atoms with Crippen LogP contribution in [0.5, 0.6) is 11.5 Å². The molecule has 0 aliphatic heterocycles. The second-order valence-electron chi connectivity index (χ2n) is 4.24. The molecule has 0 aliphatic rings. The van der Waals surface area contributed by atoms with Crippen LogP contribution >= 0.6 is 0 Å². The molecule has 20 heavy (non-hydrogen) atoms. The molecule has 2 N–H and O–H groups in total. The van der Waals surface area contributed by atoms with Crippen LogP contribution in [-0.2, 0) is 6.42 Å². The summed E-state index contributed by atoms with van der Waals surface area (Å²) in [6.07, 6.45) is 4.19. The fourth-order valence-electron chi connectivity index (χ4n) is 1.81. The van der Waals surface area contributed by atoms with Gasteiger partial charge < -0.3 is 19.5 Å². The molecule has 0 saturated heterocycles. The van der Waals surface area contributed by atoms with E-state index in [4.69, 9.17) is 9.47 Å². The zero-order valence-electron chi connectivity index (χ0n) is 11.2. The standard InChI is InChI=1S/C14H16BNO4/c1-19-12-4-5-14(13(9-12)15(17)18)20-8-6-11-3-2-7-16-10-11/h2-5,7,9-10,17-18H,6,8H2,1H3. The third-order valence-electron chi connectivity index (χ3n) is 2.87. The normalized spacial score (nSPS) is 10.2. The van der Waals surface area contributed by atoms with Crippen molar-refractivity contribution in [2.24, 2.45) is 0 Å². The summed E-state index contributed by atoms with van der Waals surface area (Å²) in [5, 5.41) is 18.7. The van der Waals surface area contributed by atoms with Crippen molar-refractivity contribution in [3.8, 4) is 11.5 Å². The van der Waals surface area contributed by atoms with Crippen LogP contribution in [0.25, 0.3) is 0 Å². The number of ether oxygens (including phenoxy) is 2. The van der Waals surface area contributed by atoms with Gasteiger partial charge in [-0.05, 0) is 29.8 Å². The van der Waals surface area contributed by atoms with Gasteiger partial charge in [-0.3, -0.25) is 4.98 Å². The van der Waals surface area contributed by atoms with Crippen molar-refractivity contribution in [2.75, 3.05) is 13.7 Å².